The molecule has 0 spiro atoms. The molecule has 0 radical (unpaired) electrons. The number of aryl methyl sites for hydroxylation is 1. The highest BCUT2D eigenvalue weighted by molar-refractivity contribution is 7.80. The number of hydrogen-bond acceptors (Lipinski definition) is 3. The fraction of sp³-hybridized carbons (Fsp3) is 0.0714. The molecule has 0 saturated heterocycles. The van der Waals surface area contributed by atoms with Crippen molar-refractivity contribution in [1.29, 1.82) is 0 Å². The minimum absolute atomic E-state index is 0.0164. The molecule has 114 valence electrons. The molecule has 22 heavy (non-hydrogen) atoms. The molecule has 2 aromatic rings. The van der Waals surface area contributed by atoms with E-state index < -0.39 is 4.92 Å². The van der Waals surface area contributed by atoms with E-state index in [-0.39, 0.29) is 21.6 Å². The molecule has 2 N–H and O–H groups in total. The Bertz CT molecular complexity index is 738. The van der Waals surface area contributed by atoms with Crippen molar-refractivity contribution in [3.63, 3.8) is 0 Å². The van der Waals surface area contributed by atoms with Crippen LogP contribution in [0.15, 0.2) is 36.4 Å². The predicted octanol–water partition coefficient (Wildman–Crippen LogP) is 4.50. The Kier molecular flexibility index (Phi) is 4.89. The topological polar surface area (TPSA) is 67.2 Å². The second-order valence-electron chi connectivity index (χ2n) is 4.46. The lowest BCUT2D eigenvalue weighted by atomic mass is 10.2. The number of hydrogen-bond donors (Lipinski definition) is 2. The molecule has 5 nitrogen and oxygen atoms in total. The first-order valence-electron chi connectivity index (χ1n) is 6.15. The van der Waals surface area contributed by atoms with Crippen LogP contribution in [0.1, 0.15) is 5.56 Å². The van der Waals surface area contributed by atoms with Gasteiger partial charge >= 0.3 is 0 Å². The lowest BCUT2D eigenvalue weighted by Gasteiger charge is -2.13. The summed E-state index contributed by atoms with van der Waals surface area (Å²) >= 11 is 11.0. The molecular formula is C14H11ClFN3O2S. The third-order valence-corrected chi connectivity index (χ3v) is 3.35. The molecule has 0 aliphatic rings. The predicted molar refractivity (Wildman–Crippen MR) is 89.1 cm³/mol. The summed E-state index contributed by atoms with van der Waals surface area (Å²) in [6, 6.07) is 8.49. The second-order valence-corrected chi connectivity index (χ2v) is 5.28. The Morgan fingerprint density at radius 3 is 2.50 bits per heavy atom. The van der Waals surface area contributed by atoms with E-state index in [4.69, 9.17) is 23.8 Å². The highest BCUT2D eigenvalue weighted by Crippen LogP contribution is 2.30. The van der Waals surface area contributed by atoms with Crippen LogP contribution in [0, 0.1) is 22.9 Å². The quantitative estimate of drug-likeness (QED) is 0.489. The Morgan fingerprint density at radius 1 is 1.27 bits per heavy atom. The van der Waals surface area contributed by atoms with Gasteiger partial charge in [0.25, 0.3) is 5.69 Å². The zero-order chi connectivity index (χ0) is 16.3. The SMILES string of the molecule is Cc1cc([N+](=O)[O-])c(Cl)cc1NC(=S)Nc1ccc(F)cc1. The molecule has 0 fully saturated rings. The molecule has 0 heterocycles. The van der Waals surface area contributed by atoms with Crippen LogP contribution in [0.2, 0.25) is 5.02 Å². The highest BCUT2D eigenvalue weighted by atomic mass is 35.5. The number of rotatable bonds is 3. The zero-order valence-electron chi connectivity index (χ0n) is 11.4. The van der Waals surface area contributed by atoms with Gasteiger partial charge in [-0.3, -0.25) is 10.1 Å². The van der Waals surface area contributed by atoms with E-state index in [9.17, 15) is 14.5 Å². The molecule has 0 bridgehead atoms. The number of nitrogens with zero attached hydrogens (tertiary/aromatic N) is 1. The van der Waals surface area contributed by atoms with Crippen LogP contribution in [-0.4, -0.2) is 10.0 Å². The number of anilines is 2. The van der Waals surface area contributed by atoms with Crippen LogP contribution < -0.4 is 10.6 Å². The number of nitro groups is 1. The summed E-state index contributed by atoms with van der Waals surface area (Å²) in [6.45, 7) is 1.70. The zero-order valence-corrected chi connectivity index (χ0v) is 13.0. The van der Waals surface area contributed by atoms with Crippen molar-refractivity contribution in [2.75, 3.05) is 10.6 Å². The van der Waals surface area contributed by atoms with E-state index in [1.54, 1.807) is 19.1 Å². The lowest BCUT2D eigenvalue weighted by molar-refractivity contribution is -0.384. The molecule has 0 aromatic heterocycles. The smallest absolute Gasteiger partial charge is 0.288 e. The third kappa shape index (κ3) is 3.90. The van der Waals surface area contributed by atoms with Gasteiger partial charge in [-0.05, 0) is 55.0 Å². The van der Waals surface area contributed by atoms with Crippen LogP contribution in [0.4, 0.5) is 21.5 Å². The van der Waals surface area contributed by atoms with Gasteiger partial charge in [-0.15, -0.1) is 0 Å². The van der Waals surface area contributed by atoms with E-state index >= 15 is 0 Å². The van der Waals surface area contributed by atoms with Gasteiger partial charge in [-0.25, -0.2) is 4.39 Å². The maximum absolute atomic E-state index is 12.8. The lowest BCUT2D eigenvalue weighted by Crippen LogP contribution is -2.19. The molecule has 0 atom stereocenters. The van der Waals surface area contributed by atoms with E-state index in [0.29, 0.717) is 16.9 Å². The molecule has 8 heteroatoms. The van der Waals surface area contributed by atoms with E-state index in [1.807, 2.05) is 0 Å². The number of nitrogens with one attached hydrogen (secondary N) is 2. The second kappa shape index (κ2) is 6.67. The summed E-state index contributed by atoms with van der Waals surface area (Å²) in [5.41, 5.74) is 1.63. The van der Waals surface area contributed by atoms with Gasteiger partial charge in [0.05, 0.1) is 4.92 Å². The number of benzene rings is 2. The first kappa shape index (κ1) is 16.1. The molecule has 0 aliphatic carbocycles. The molecule has 0 amide bonds. The van der Waals surface area contributed by atoms with Gasteiger partial charge in [0.1, 0.15) is 10.8 Å². The average Bonchev–Trinajstić information content (AvgIpc) is 2.44. The van der Waals surface area contributed by atoms with Crippen molar-refractivity contribution in [2.45, 2.75) is 6.92 Å². The Balaban J connectivity index is 2.13. The summed E-state index contributed by atoms with van der Waals surface area (Å²) in [5.74, 6) is -0.345. The van der Waals surface area contributed by atoms with Crippen LogP contribution in [0.25, 0.3) is 0 Å². The number of nitro benzene ring substituents is 1. The summed E-state index contributed by atoms with van der Waals surface area (Å²) in [6.07, 6.45) is 0. The molecule has 2 aromatic carbocycles. The van der Waals surface area contributed by atoms with Crippen molar-refractivity contribution >= 4 is 46.0 Å². The number of halogens is 2. The van der Waals surface area contributed by atoms with Crippen molar-refractivity contribution in [3.8, 4) is 0 Å². The van der Waals surface area contributed by atoms with Crippen LogP contribution >= 0.6 is 23.8 Å². The fourth-order valence-electron chi connectivity index (χ4n) is 1.76. The summed E-state index contributed by atoms with van der Waals surface area (Å²) in [4.78, 5) is 10.3. The van der Waals surface area contributed by atoms with Crippen molar-refractivity contribution < 1.29 is 9.31 Å². The van der Waals surface area contributed by atoms with Gasteiger partial charge < -0.3 is 10.6 Å². The normalized spacial score (nSPS) is 10.1. The summed E-state index contributed by atoms with van der Waals surface area (Å²) < 4.78 is 12.8. The molecule has 0 aliphatic heterocycles. The monoisotopic (exact) mass is 339 g/mol. The summed E-state index contributed by atoms with van der Waals surface area (Å²) in [5, 5.41) is 16.9. The molecule has 2 rings (SSSR count). The average molecular weight is 340 g/mol. The standard InChI is InChI=1S/C14H11ClFN3O2S/c1-8-6-13(19(20)21)11(15)7-12(8)18-14(22)17-10-4-2-9(16)3-5-10/h2-7H,1H3,(H2,17,18,22). The van der Waals surface area contributed by atoms with Gasteiger partial charge in [0.2, 0.25) is 0 Å². The van der Waals surface area contributed by atoms with Gasteiger partial charge in [-0.2, -0.15) is 0 Å². The van der Waals surface area contributed by atoms with Crippen LogP contribution in [0.5, 0.6) is 0 Å². The Morgan fingerprint density at radius 2 is 1.91 bits per heavy atom. The first-order valence-corrected chi connectivity index (χ1v) is 6.93. The maximum Gasteiger partial charge on any atom is 0.288 e. The van der Waals surface area contributed by atoms with Crippen LogP contribution in [-0.2, 0) is 0 Å². The Hall–Kier alpha value is -2.25. The Labute approximate surface area is 136 Å². The van der Waals surface area contributed by atoms with Crippen molar-refractivity contribution in [1.82, 2.24) is 0 Å². The van der Waals surface area contributed by atoms with Gasteiger partial charge in [-0.1, -0.05) is 11.6 Å². The first-order chi connectivity index (χ1) is 10.4. The highest BCUT2D eigenvalue weighted by Gasteiger charge is 2.15. The fourth-order valence-corrected chi connectivity index (χ4v) is 2.22. The molecule has 0 saturated carbocycles. The number of thiocarbonyl (C=S) groups is 1. The van der Waals surface area contributed by atoms with Gasteiger partial charge in [0.15, 0.2) is 5.11 Å². The van der Waals surface area contributed by atoms with Gasteiger partial charge in [0, 0.05) is 17.4 Å². The molecular weight excluding hydrogens is 329 g/mol. The third-order valence-electron chi connectivity index (χ3n) is 2.84. The largest absolute Gasteiger partial charge is 0.332 e. The van der Waals surface area contributed by atoms with E-state index in [2.05, 4.69) is 10.6 Å². The summed E-state index contributed by atoms with van der Waals surface area (Å²) in [7, 11) is 0. The van der Waals surface area contributed by atoms with Crippen LogP contribution in [0.3, 0.4) is 0 Å². The molecule has 0 unspecified atom stereocenters. The van der Waals surface area contributed by atoms with E-state index in [0.717, 1.165) is 0 Å². The minimum Gasteiger partial charge on any atom is -0.332 e. The van der Waals surface area contributed by atoms with E-state index in [1.165, 1.54) is 24.3 Å². The van der Waals surface area contributed by atoms with Crippen molar-refractivity contribution in [3.05, 3.63) is 62.9 Å². The minimum atomic E-state index is -0.547. The maximum atomic E-state index is 12.8. The van der Waals surface area contributed by atoms with Crippen molar-refractivity contribution in [2.24, 2.45) is 0 Å².